The normalized spacial score (nSPS) is 12.5. The Kier molecular flexibility index (Phi) is 6.61. The highest BCUT2D eigenvalue weighted by Crippen LogP contribution is 2.32. The number of hydrogen-bond donors (Lipinski definition) is 4. The zero-order valence-electron chi connectivity index (χ0n) is 15.5. The summed E-state index contributed by atoms with van der Waals surface area (Å²) in [5.41, 5.74) is 2.91. The number of hydrogen-bond acceptors (Lipinski definition) is 9. The van der Waals surface area contributed by atoms with Gasteiger partial charge >= 0.3 is 0 Å². The van der Waals surface area contributed by atoms with Crippen molar-refractivity contribution in [3.63, 3.8) is 0 Å². The molecule has 1 heterocycles. The van der Waals surface area contributed by atoms with Crippen molar-refractivity contribution >= 4 is 11.5 Å². The number of aromatic nitrogens is 2. The fourth-order valence-corrected chi connectivity index (χ4v) is 2.18. The number of nitrogen functional groups attached to an aromatic ring is 1. The van der Waals surface area contributed by atoms with Gasteiger partial charge in [-0.15, -0.1) is 10.2 Å². The Morgan fingerprint density at radius 1 is 1.30 bits per heavy atom. The predicted octanol–water partition coefficient (Wildman–Crippen LogP) is 1.47. The number of rotatable bonds is 8. The first-order chi connectivity index (χ1) is 12.7. The maximum atomic E-state index is 11.1. The third-order valence-corrected chi connectivity index (χ3v) is 3.56. The summed E-state index contributed by atoms with van der Waals surface area (Å²) in [6, 6.07) is 7.38. The molecule has 0 bridgehead atoms. The molecule has 10 nitrogen and oxygen atoms in total. The van der Waals surface area contributed by atoms with E-state index in [2.05, 4.69) is 20.9 Å². The molecule has 0 aliphatic heterocycles. The summed E-state index contributed by atoms with van der Waals surface area (Å²) in [5.74, 6) is 5.99. The molecule has 2 rings (SSSR count). The van der Waals surface area contributed by atoms with Gasteiger partial charge in [-0.05, 0) is 39.0 Å². The van der Waals surface area contributed by atoms with Crippen LogP contribution in [0.5, 0.6) is 5.75 Å². The SMILES string of the molecule is CC(C)(C)NCC(O)COc1ccc([N+](=O)[O-])cc1-c1ccc(NN)nn1. The van der Waals surface area contributed by atoms with E-state index in [1.54, 1.807) is 12.1 Å². The van der Waals surface area contributed by atoms with Crippen LogP contribution in [0.2, 0.25) is 0 Å². The molecule has 0 amide bonds. The van der Waals surface area contributed by atoms with Crippen LogP contribution in [0, 0.1) is 10.1 Å². The molecule has 0 aliphatic carbocycles. The summed E-state index contributed by atoms with van der Waals surface area (Å²) in [6.45, 7) is 6.35. The van der Waals surface area contributed by atoms with Crippen LogP contribution in [-0.4, -0.2) is 45.0 Å². The molecule has 0 saturated carbocycles. The van der Waals surface area contributed by atoms with Gasteiger partial charge in [0, 0.05) is 24.2 Å². The Morgan fingerprint density at radius 3 is 2.59 bits per heavy atom. The van der Waals surface area contributed by atoms with Crippen LogP contribution in [0.3, 0.4) is 0 Å². The van der Waals surface area contributed by atoms with E-state index >= 15 is 0 Å². The number of benzene rings is 1. The fraction of sp³-hybridized carbons (Fsp3) is 0.412. The average molecular weight is 376 g/mol. The van der Waals surface area contributed by atoms with Crippen molar-refractivity contribution in [2.24, 2.45) is 5.84 Å². The topological polar surface area (TPSA) is 148 Å². The van der Waals surface area contributed by atoms with Crippen molar-refractivity contribution in [3.05, 3.63) is 40.4 Å². The van der Waals surface area contributed by atoms with Gasteiger partial charge < -0.3 is 20.6 Å². The van der Waals surface area contributed by atoms with Gasteiger partial charge in [0.2, 0.25) is 0 Å². The lowest BCUT2D eigenvalue weighted by atomic mass is 10.1. The number of nitro benzene ring substituents is 1. The molecule has 10 heteroatoms. The molecule has 0 spiro atoms. The van der Waals surface area contributed by atoms with Crippen LogP contribution >= 0.6 is 0 Å². The van der Waals surface area contributed by atoms with Crippen LogP contribution in [0.4, 0.5) is 11.5 Å². The first-order valence-electron chi connectivity index (χ1n) is 8.34. The van der Waals surface area contributed by atoms with Crippen molar-refractivity contribution in [2.75, 3.05) is 18.6 Å². The minimum atomic E-state index is -0.748. The Hall–Kier alpha value is -2.82. The van der Waals surface area contributed by atoms with Crippen LogP contribution in [0.25, 0.3) is 11.3 Å². The Bertz CT molecular complexity index is 776. The van der Waals surface area contributed by atoms with E-state index in [0.717, 1.165) is 0 Å². The smallest absolute Gasteiger partial charge is 0.270 e. The summed E-state index contributed by atoms with van der Waals surface area (Å²) in [7, 11) is 0. The number of non-ortho nitro benzene ring substituents is 1. The molecule has 146 valence electrons. The number of nitro groups is 1. The maximum Gasteiger partial charge on any atom is 0.270 e. The second-order valence-electron chi connectivity index (χ2n) is 6.98. The number of aliphatic hydroxyl groups excluding tert-OH is 1. The van der Waals surface area contributed by atoms with Crippen LogP contribution in [0.1, 0.15) is 20.8 Å². The fourth-order valence-electron chi connectivity index (χ4n) is 2.18. The van der Waals surface area contributed by atoms with Crippen molar-refractivity contribution in [2.45, 2.75) is 32.4 Å². The molecule has 27 heavy (non-hydrogen) atoms. The van der Waals surface area contributed by atoms with Crippen molar-refractivity contribution < 1.29 is 14.8 Å². The first-order valence-corrected chi connectivity index (χ1v) is 8.34. The van der Waals surface area contributed by atoms with Crippen molar-refractivity contribution in [1.82, 2.24) is 15.5 Å². The van der Waals surface area contributed by atoms with Gasteiger partial charge in [-0.1, -0.05) is 0 Å². The third-order valence-electron chi connectivity index (χ3n) is 3.56. The summed E-state index contributed by atoms with van der Waals surface area (Å²) < 4.78 is 5.69. The first kappa shape index (κ1) is 20.5. The predicted molar refractivity (Wildman–Crippen MR) is 101 cm³/mol. The van der Waals surface area contributed by atoms with E-state index < -0.39 is 11.0 Å². The van der Waals surface area contributed by atoms with Gasteiger partial charge in [0.05, 0.1) is 16.2 Å². The lowest BCUT2D eigenvalue weighted by Gasteiger charge is -2.23. The molecule has 1 unspecified atom stereocenters. The van der Waals surface area contributed by atoms with Gasteiger partial charge in [0.25, 0.3) is 5.69 Å². The Morgan fingerprint density at radius 2 is 2.04 bits per heavy atom. The number of nitrogens with one attached hydrogen (secondary N) is 2. The minimum absolute atomic E-state index is 0.0176. The number of ether oxygens (including phenoxy) is 1. The zero-order valence-corrected chi connectivity index (χ0v) is 15.5. The molecule has 1 aromatic carbocycles. The van der Waals surface area contributed by atoms with Crippen LogP contribution in [-0.2, 0) is 0 Å². The zero-order chi connectivity index (χ0) is 20.0. The molecule has 0 radical (unpaired) electrons. The quantitative estimate of drug-likeness (QED) is 0.305. The summed E-state index contributed by atoms with van der Waals surface area (Å²) in [4.78, 5) is 10.6. The molecule has 5 N–H and O–H groups in total. The van der Waals surface area contributed by atoms with Crippen molar-refractivity contribution in [3.8, 4) is 17.0 Å². The molecular weight excluding hydrogens is 352 g/mol. The molecule has 0 aliphatic rings. The highest BCUT2D eigenvalue weighted by Gasteiger charge is 2.17. The summed E-state index contributed by atoms with van der Waals surface area (Å²) in [6.07, 6.45) is -0.748. The number of aliphatic hydroxyl groups is 1. The van der Waals surface area contributed by atoms with Gasteiger partial charge in [0.1, 0.15) is 18.5 Å². The number of hydrazine groups is 1. The molecule has 1 aromatic heterocycles. The van der Waals surface area contributed by atoms with E-state index in [1.165, 1.54) is 18.2 Å². The Labute approximate surface area is 156 Å². The van der Waals surface area contributed by atoms with Gasteiger partial charge in [-0.3, -0.25) is 10.1 Å². The van der Waals surface area contributed by atoms with E-state index in [4.69, 9.17) is 10.6 Å². The lowest BCUT2D eigenvalue weighted by molar-refractivity contribution is -0.384. The molecule has 0 saturated heterocycles. The van der Waals surface area contributed by atoms with E-state index in [-0.39, 0.29) is 17.8 Å². The van der Waals surface area contributed by atoms with Gasteiger partial charge in [0.15, 0.2) is 5.82 Å². The average Bonchev–Trinajstić information content (AvgIpc) is 2.64. The monoisotopic (exact) mass is 376 g/mol. The third kappa shape index (κ3) is 6.13. The van der Waals surface area contributed by atoms with E-state index in [0.29, 0.717) is 29.4 Å². The van der Waals surface area contributed by atoms with Crippen LogP contribution in [0.15, 0.2) is 30.3 Å². The largest absolute Gasteiger partial charge is 0.490 e. The molecule has 2 aromatic rings. The molecule has 1 atom stereocenters. The van der Waals surface area contributed by atoms with E-state index in [1.807, 2.05) is 20.8 Å². The number of anilines is 1. The molecule has 0 fully saturated rings. The van der Waals surface area contributed by atoms with Gasteiger partial charge in [-0.25, -0.2) is 5.84 Å². The highest BCUT2D eigenvalue weighted by atomic mass is 16.6. The highest BCUT2D eigenvalue weighted by molar-refractivity contribution is 5.70. The summed E-state index contributed by atoms with van der Waals surface area (Å²) >= 11 is 0. The van der Waals surface area contributed by atoms with Crippen molar-refractivity contribution in [1.29, 1.82) is 0 Å². The summed E-state index contributed by atoms with van der Waals surface area (Å²) in [5, 5.41) is 32.3. The maximum absolute atomic E-state index is 11.1. The molecular formula is C17H24N6O4. The lowest BCUT2D eigenvalue weighted by Crippen LogP contribution is -2.42. The van der Waals surface area contributed by atoms with Gasteiger partial charge in [-0.2, -0.15) is 0 Å². The minimum Gasteiger partial charge on any atom is -0.490 e. The second-order valence-corrected chi connectivity index (χ2v) is 6.98. The Balaban J connectivity index is 2.20. The number of nitrogens with zero attached hydrogens (tertiary/aromatic N) is 3. The number of nitrogens with two attached hydrogens (primary N) is 1. The standard InChI is InChI=1S/C17H24N6O4/c1-17(2,3)19-9-12(24)10-27-15-6-4-11(23(25)26)8-13(15)14-5-7-16(20-18)22-21-14/h4-8,12,19,24H,9-10,18H2,1-3H3,(H,20,22). The number of β-amino-alcohol motifs (C(OH)–C–C–N with tert-alkyl or cyclic N) is 1. The van der Waals surface area contributed by atoms with E-state index in [9.17, 15) is 15.2 Å². The second kappa shape index (κ2) is 8.71. The van der Waals surface area contributed by atoms with Crippen LogP contribution < -0.4 is 21.3 Å².